The Bertz CT molecular complexity index is 1130. The number of hydrogen-bond acceptors (Lipinski definition) is 10. The molecule has 10 heteroatoms. The molecule has 0 aromatic heterocycles. The molecule has 3 unspecified atom stereocenters. The third-order valence-corrected chi connectivity index (χ3v) is 13.1. The maximum Gasteiger partial charge on any atom is 0.306 e. The highest BCUT2D eigenvalue weighted by Gasteiger charge is 2.26. The molecule has 0 aliphatic carbocycles. The quantitative estimate of drug-likeness (QED) is 0.0331. The Morgan fingerprint density at radius 3 is 1.00 bits per heavy atom. The molecule has 3 atom stereocenters. The Kier molecular flexibility index (Phi) is 49.5. The highest BCUT2D eigenvalue weighted by atomic mass is 16.6. The van der Waals surface area contributed by atoms with E-state index in [4.69, 9.17) is 23.7 Å². The summed E-state index contributed by atoms with van der Waals surface area (Å²) in [5.74, 6) is -1.34. The summed E-state index contributed by atoms with van der Waals surface area (Å²) in [6.45, 7) is 10.5. The van der Waals surface area contributed by atoms with Gasteiger partial charge in [-0.05, 0) is 66.1 Å². The first-order valence-electron chi connectivity index (χ1n) is 29.1. The lowest BCUT2D eigenvalue weighted by Crippen LogP contribution is -2.34. The summed E-state index contributed by atoms with van der Waals surface area (Å²) in [7, 11) is 4.18. The third kappa shape index (κ3) is 48.8. The number of carbonyl (C=O) groups excluding carboxylic acids is 4. The molecule has 402 valence electrons. The van der Waals surface area contributed by atoms with Gasteiger partial charge in [0.1, 0.15) is 25.4 Å². The van der Waals surface area contributed by atoms with Gasteiger partial charge in [0, 0.05) is 38.7 Å². The fraction of sp³-hybridized carbons (Fsp3) is 0.931. The molecular formula is C58H111NO9. The van der Waals surface area contributed by atoms with E-state index in [1.165, 1.54) is 135 Å². The van der Waals surface area contributed by atoms with E-state index in [0.29, 0.717) is 18.9 Å². The lowest BCUT2D eigenvalue weighted by molar-refractivity contribution is -0.168. The third-order valence-electron chi connectivity index (χ3n) is 13.1. The van der Waals surface area contributed by atoms with Gasteiger partial charge in [-0.3, -0.25) is 19.2 Å². The van der Waals surface area contributed by atoms with Crippen molar-refractivity contribution in [3.05, 3.63) is 0 Å². The van der Waals surface area contributed by atoms with Crippen molar-refractivity contribution in [2.45, 2.75) is 309 Å². The summed E-state index contributed by atoms with van der Waals surface area (Å²) in [5, 5.41) is 0. The molecule has 68 heavy (non-hydrogen) atoms. The molecule has 0 radical (unpaired) electrons. The van der Waals surface area contributed by atoms with Gasteiger partial charge >= 0.3 is 23.9 Å². The number of carbonyl (C=O) groups is 4. The van der Waals surface area contributed by atoms with Crippen LogP contribution >= 0.6 is 0 Å². The van der Waals surface area contributed by atoms with Crippen molar-refractivity contribution in [1.29, 1.82) is 0 Å². The predicted molar refractivity (Wildman–Crippen MR) is 282 cm³/mol. The second kappa shape index (κ2) is 51.2. The van der Waals surface area contributed by atoms with Crippen LogP contribution < -0.4 is 0 Å². The number of hydrogen-bond donors (Lipinski definition) is 0. The van der Waals surface area contributed by atoms with Crippen LogP contribution in [0.2, 0.25) is 0 Å². The highest BCUT2D eigenvalue weighted by Crippen LogP contribution is 2.18. The first-order valence-corrected chi connectivity index (χ1v) is 29.1. The van der Waals surface area contributed by atoms with Crippen molar-refractivity contribution in [3.63, 3.8) is 0 Å². The van der Waals surface area contributed by atoms with Crippen LogP contribution in [-0.2, 0) is 42.9 Å². The molecule has 0 saturated heterocycles. The van der Waals surface area contributed by atoms with E-state index in [0.717, 1.165) is 109 Å². The maximum atomic E-state index is 13.2. The minimum atomic E-state index is -0.822. The Morgan fingerprint density at radius 1 is 0.382 bits per heavy atom. The highest BCUT2D eigenvalue weighted by molar-refractivity contribution is 5.71. The zero-order valence-corrected chi connectivity index (χ0v) is 45.7. The number of esters is 4. The largest absolute Gasteiger partial charge is 0.462 e. The molecule has 0 amide bonds. The van der Waals surface area contributed by atoms with Gasteiger partial charge in [-0.2, -0.15) is 0 Å². The fourth-order valence-electron chi connectivity index (χ4n) is 8.67. The summed E-state index contributed by atoms with van der Waals surface area (Å²) >= 11 is 0. The fourth-order valence-corrected chi connectivity index (χ4v) is 8.67. The van der Waals surface area contributed by atoms with Crippen molar-refractivity contribution < 1.29 is 42.9 Å². The lowest BCUT2D eigenvalue weighted by Gasteiger charge is -2.24. The van der Waals surface area contributed by atoms with Gasteiger partial charge in [0.05, 0.1) is 6.10 Å². The standard InChI is InChI=1S/C58H111NO9/c1-7-10-13-16-19-22-27-32-37-43-55(60)65-50-53(67-57(62)45-39-34-28-23-20-17-14-11-8-2)49-54(68-58(63)46-40-35-29-24-21-18-15-12-9-3)51-66-56(61)44-38-33-30-25-26-31-36-42-52(4)64-48-41-47-59(5)6/h52-54H,7-51H2,1-6H3. The molecule has 0 spiro atoms. The molecule has 0 aliphatic rings. The number of ether oxygens (including phenoxy) is 5. The number of rotatable bonds is 53. The summed E-state index contributed by atoms with van der Waals surface area (Å²) in [6, 6.07) is 0. The van der Waals surface area contributed by atoms with Crippen LogP contribution in [-0.4, -0.2) is 87.5 Å². The van der Waals surface area contributed by atoms with Gasteiger partial charge in [-0.1, -0.05) is 213 Å². The molecule has 10 nitrogen and oxygen atoms in total. The van der Waals surface area contributed by atoms with Gasteiger partial charge < -0.3 is 28.6 Å². The topological polar surface area (TPSA) is 118 Å². The molecule has 0 heterocycles. The number of nitrogens with zero attached hydrogens (tertiary/aromatic N) is 1. The smallest absolute Gasteiger partial charge is 0.306 e. The van der Waals surface area contributed by atoms with Crippen molar-refractivity contribution >= 4 is 23.9 Å². The van der Waals surface area contributed by atoms with E-state index < -0.39 is 12.2 Å². The minimum Gasteiger partial charge on any atom is -0.462 e. The minimum absolute atomic E-state index is 0.0902. The molecule has 0 fully saturated rings. The zero-order valence-electron chi connectivity index (χ0n) is 45.7. The van der Waals surface area contributed by atoms with Crippen LogP contribution in [0, 0.1) is 0 Å². The van der Waals surface area contributed by atoms with Crippen LogP contribution in [0.1, 0.15) is 291 Å². The second-order valence-corrected chi connectivity index (χ2v) is 20.4. The SMILES string of the molecule is CCCCCCCCCCCC(=O)OCC(CC(COC(=O)CCCCCCCCCC(C)OCCCN(C)C)OC(=O)CCCCCCCCCCC)OC(=O)CCCCCCCCCCC. The van der Waals surface area contributed by atoms with Crippen LogP contribution in [0.5, 0.6) is 0 Å². The van der Waals surface area contributed by atoms with Crippen LogP contribution in [0.15, 0.2) is 0 Å². The molecule has 0 aliphatic heterocycles. The molecule has 0 saturated carbocycles. The predicted octanol–water partition coefficient (Wildman–Crippen LogP) is 15.9. The average molecular weight is 967 g/mol. The van der Waals surface area contributed by atoms with E-state index in [9.17, 15) is 19.2 Å². The van der Waals surface area contributed by atoms with Crippen LogP contribution in [0.4, 0.5) is 0 Å². The van der Waals surface area contributed by atoms with Crippen molar-refractivity contribution in [3.8, 4) is 0 Å². The van der Waals surface area contributed by atoms with E-state index in [-0.39, 0.29) is 56.4 Å². The summed E-state index contributed by atoms with van der Waals surface area (Å²) in [6.07, 6.45) is 40.5. The summed E-state index contributed by atoms with van der Waals surface area (Å²) in [5.41, 5.74) is 0. The first-order chi connectivity index (χ1) is 33.1. The van der Waals surface area contributed by atoms with Gasteiger partial charge in [0.15, 0.2) is 0 Å². The van der Waals surface area contributed by atoms with Crippen molar-refractivity contribution in [2.24, 2.45) is 0 Å². The van der Waals surface area contributed by atoms with Gasteiger partial charge in [-0.25, -0.2) is 0 Å². The molecule has 0 rings (SSSR count). The monoisotopic (exact) mass is 966 g/mol. The summed E-state index contributed by atoms with van der Waals surface area (Å²) in [4.78, 5) is 54.5. The second-order valence-electron chi connectivity index (χ2n) is 20.4. The van der Waals surface area contributed by atoms with E-state index in [1.54, 1.807) is 0 Å². The van der Waals surface area contributed by atoms with E-state index in [1.807, 2.05) is 0 Å². The maximum absolute atomic E-state index is 13.2. The lowest BCUT2D eigenvalue weighted by atomic mass is 10.1. The van der Waals surface area contributed by atoms with Crippen molar-refractivity contribution in [1.82, 2.24) is 4.90 Å². The molecular weight excluding hydrogens is 855 g/mol. The van der Waals surface area contributed by atoms with Gasteiger partial charge in [0.2, 0.25) is 0 Å². The first kappa shape index (κ1) is 65.8. The Balaban J connectivity index is 5.26. The Hall–Kier alpha value is -2.20. The van der Waals surface area contributed by atoms with Crippen molar-refractivity contribution in [2.75, 3.05) is 40.5 Å². The Morgan fingerprint density at radius 2 is 0.676 bits per heavy atom. The summed E-state index contributed by atoms with van der Waals surface area (Å²) < 4.78 is 29.3. The van der Waals surface area contributed by atoms with E-state index >= 15 is 0 Å². The Labute approximate surface area is 420 Å². The van der Waals surface area contributed by atoms with Gasteiger partial charge in [-0.15, -0.1) is 0 Å². The van der Waals surface area contributed by atoms with Crippen LogP contribution in [0.3, 0.4) is 0 Å². The average Bonchev–Trinajstić information content (AvgIpc) is 3.31. The number of unbranched alkanes of at least 4 members (excludes halogenated alkanes) is 30. The molecule has 0 aromatic carbocycles. The molecule has 0 aromatic rings. The zero-order chi connectivity index (χ0) is 50.0. The van der Waals surface area contributed by atoms with Gasteiger partial charge in [0.25, 0.3) is 0 Å². The molecule has 0 N–H and O–H groups in total. The van der Waals surface area contributed by atoms with Crippen LogP contribution in [0.25, 0.3) is 0 Å². The normalized spacial score (nSPS) is 12.8. The molecule has 0 bridgehead atoms. The van der Waals surface area contributed by atoms with E-state index in [2.05, 4.69) is 46.7 Å².